The Morgan fingerprint density at radius 3 is 2.46 bits per heavy atom. The fourth-order valence-electron chi connectivity index (χ4n) is 2.38. The predicted octanol–water partition coefficient (Wildman–Crippen LogP) is 2.45. The number of aliphatic hydroxyl groups excluding tert-OH is 1. The molecule has 1 unspecified atom stereocenters. The molecule has 8 heteroatoms. The third-order valence-corrected chi connectivity index (χ3v) is 3.98. The molecule has 2 rings (SSSR count). The normalized spacial score (nSPS) is 19.3. The van der Waals surface area contributed by atoms with Crippen molar-refractivity contribution in [2.75, 3.05) is 0 Å². The molecule has 0 heterocycles. The number of phenolic OH excluding ortho intramolecular Hbond substituents is 1. The van der Waals surface area contributed by atoms with E-state index in [1.807, 2.05) is 0 Å². The highest BCUT2D eigenvalue weighted by atomic mass is 31.2. The summed E-state index contributed by atoms with van der Waals surface area (Å²) in [5.74, 6) is -1.16. The van der Waals surface area contributed by atoms with Gasteiger partial charge in [0.05, 0.1) is 11.6 Å². The molecule has 0 aromatic heterocycles. The van der Waals surface area contributed by atoms with E-state index in [4.69, 9.17) is 9.79 Å². The molecule has 0 amide bonds. The van der Waals surface area contributed by atoms with Gasteiger partial charge in [0.15, 0.2) is 0 Å². The van der Waals surface area contributed by atoms with Crippen LogP contribution in [0.4, 0.5) is 0 Å². The summed E-state index contributed by atoms with van der Waals surface area (Å²) in [6.07, 6.45) is 5.15. The molecule has 0 radical (unpaired) electrons. The molecular formula is C16H18NO6P. The summed E-state index contributed by atoms with van der Waals surface area (Å²) >= 11 is 0. The molecule has 0 saturated carbocycles. The number of hydrogen-bond donors (Lipinski definition) is 4. The summed E-state index contributed by atoms with van der Waals surface area (Å²) in [6, 6.07) is 6.67. The number of allylic oxidation sites excluding steroid dienone is 3. The number of carbonyl (C=O) groups excluding carboxylic acids is 1. The van der Waals surface area contributed by atoms with Crippen LogP contribution in [-0.4, -0.2) is 31.5 Å². The van der Waals surface area contributed by atoms with E-state index in [1.165, 1.54) is 12.2 Å². The number of rotatable bonds is 6. The second-order valence-electron chi connectivity index (χ2n) is 5.43. The fourth-order valence-corrected chi connectivity index (χ4v) is 2.86. The Hall–Kier alpha value is -2.21. The van der Waals surface area contributed by atoms with Gasteiger partial charge in [-0.25, -0.2) is 4.57 Å². The van der Waals surface area contributed by atoms with Gasteiger partial charge in [-0.1, -0.05) is 18.2 Å². The average Bonchev–Trinajstić information content (AvgIpc) is 2.47. The lowest BCUT2D eigenvalue weighted by Gasteiger charge is -2.16. The van der Waals surface area contributed by atoms with Gasteiger partial charge in [-0.15, -0.1) is 0 Å². The lowest BCUT2D eigenvalue weighted by Crippen LogP contribution is -2.23. The molecule has 1 aliphatic rings. The van der Waals surface area contributed by atoms with Crippen molar-refractivity contribution >= 4 is 19.2 Å². The van der Waals surface area contributed by atoms with E-state index in [-0.39, 0.29) is 29.4 Å². The van der Waals surface area contributed by atoms with E-state index < -0.39 is 13.7 Å². The number of aryl methyl sites for hydroxylation is 1. The van der Waals surface area contributed by atoms with Crippen LogP contribution >= 0.6 is 7.75 Å². The third kappa shape index (κ3) is 5.45. The van der Waals surface area contributed by atoms with Gasteiger partial charge in [-0.2, -0.15) is 4.76 Å². The van der Waals surface area contributed by atoms with Crippen molar-refractivity contribution in [3.8, 4) is 5.75 Å². The van der Waals surface area contributed by atoms with Crippen LogP contribution in [0.15, 0.2) is 53.0 Å². The number of ketones is 1. The van der Waals surface area contributed by atoms with Gasteiger partial charge in [0, 0.05) is 12.5 Å². The topological polar surface area (TPSA) is 127 Å². The fraction of sp³-hybridized carbons (Fsp3) is 0.250. The molecule has 1 aromatic carbocycles. The first-order valence-electron chi connectivity index (χ1n) is 7.30. The van der Waals surface area contributed by atoms with Crippen molar-refractivity contribution in [3.63, 3.8) is 0 Å². The van der Waals surface area contributed by atoms with Gasteiger partial charge in [0.1, 0.15) is 17.3 Å². The minimum Gasteiger partial charge on any atom is -0.508 e. The van der Waals surface area contributed by atoms with Crippen molar-refractivity contribution in [2.24, 2.45) is 10.7 Å². The lowest BCUT2D eigenvalue weighted by molar-refractivity contribution is -0.119. The minimum atomic E-state index is -4.69. The Labute approximate surface area is 138 Å². The molecule has 0 bridgehead atoms. The summed E-state index contributed by atoms with van der Waals surface area (Å²) in [5, 5.41) is 18.7. The minimum absolute atomic E-state index is 0.141. The van der Waals surface area contributed by atoms with Gasteiger partial charge < -0.3 is 20.0 Å². The highest BCUT2D eigenvalue weighted by Crippen LogP contribution is 2.38. The first kappa shape index (κ1) is 18.1. The van der Waals surface area contributed by atoms with E-state index in [9.17, 15) is 19.6 Å². The number of nitrogens with zero attached hydrogens (tertiary/aromatic N) is 1. The van der Waals surface area contributed by atoms with Gasteiger partial charge in [-0.3, -0.25) is 4.79 Å². The summed E-state index contributed by atoms with van der Waals surface area (Å²) < 4.78 is 14.3. The van der Waals surface area contributed by atoms with Crippen LogP contribution in [0.5, 0.6) is 5.75 Å². The zero-order valence-electron chi connectivity index (χ0n) is 12.7. The number of phenols is 1. The molecule has 0 saturated heterocycles. The highest BCUT2D eigenvalue weighted by molar-refractivity contribution is 7.50. The van der Waals surface area contributed by atoms with Crippen molar-refractivity contribution < 1.29 is 29.4 Å². The van der Waals surface area contributed by atoms with Crippen molar-refractivity contribution in [2.45, 2.75) is 19.3 Å². The van der Waals surface area contributed by atoms with Gasteiger partial charge in [-0.05, 0) is 36.6 Å². The van der Waals surface area contributed by atoms with Crippen LogP contribution in [0.1, 0.15) is 18.4 Å². The smallest absolute Gasteiger partial charge is 0.448 e. The number of aromatic hydroxyl groups is 1. The van der Waals surface area contributed by atoms with Crippen LogP contribution in [0.25, 0.3) is 0 Å². The van der Waals surface area contributed by atoms with E-state index >= 15 is 0 Å². The van der Waals surface area contributed by atoms with Crippen LogP contribution < -0.4 is 0 Å². The number of aliphatic hydroxyl groups is 1. The Morgan fingerprint density at radius 2 is 1.83 bits per heavy atom. The summed E-state index contributed by atoms with van der Waals surface area (Å²) in [6.45, 7) is 0. The van der Waals surface area contributed by atoms with E-state index in [2.05, 4.69) is 4.76 Å². The maximum atomic E-state index is 12.3. The standard InChI is InChI=1S/C16H18NO6P/c18-12-6-4-11(5-7-12)2-1-3-16(20)14-9-8-13(19)10-15(14)17-24(21,22)23/h4-10,14,18-19H,1-3H2,(H2,21,22,23)/b17-15+. The highest BCUT2D eigenvalue weighted by Gasteiger charge is 2.26. The van der Waals surface area contributed by atoms with E-state index in [0.717, 1.165) is 11.6 Å². The van der Waals surface area contributed by atoms with Crippen LogP contribution in [0.2, 0.25) is 0 Å². The average molecular weight is 351 g/mol. The third-order valence-electron chi connectivity index (χ3n) is 3.49. The molecule has 0 spiro atoms. The molecule has 1 aromatic rings. The second kappa shape index (κ2) is 7.57. The molecule has 1 aliphatic carbocycles. The molecule has 0 fully saturated rings. The maximum Gasteiger partial charge on any atom is 0.448 e. The van der Waals surface area contributed by atoms with Crippen LogP contribution in [0.3, 0.4) is 0 Å². The van der Waals surface area contributed by atoms with Crippen molar-refractivity contribution in [1.82, 2.24) is 0 Å². The van der Waals surface area contributed by atoms with Gasteiger partial charge >= 0.3 is 7.75 Å². The van der Waals surface area contributed by atoms with Gasteiger partial charge in [0.25, 0.3) is 0 Å². The molecule has 24 heavy (non-hydrogen) atoms. The Kier molecular flexibility index (Phi) is 5.72. The number of hydrogen-bond acceptors (Lipinski definition) is 4. The zero-order valence-corrected chi connectivity index (χ0v) is 13.6. The van der Waals surface area contributed by atoms with Gasteiger partial charge in [0.2, 0.25) is 0 Å². The Balaban J connectivity index is 2.00. The van der Waals surface area contributed by atoms with E-state index in [0.29, 0.717) is 12.8 Å². The number of Topliss-reactive ketones (excluding diaryl/α,β-unsaturated/α-hetero) is 1. The zero-order chi connectivity index (χ0) is 17.7. The molecule has 1 atom stereocenters. The molecule has 4 N–H and O–H groups in total. The van der Waals surface area contributed by atoms with Crippen LogP contribution in [-0.2, 0) is 15.8 Å². The summed E-state index contributed by atoms with van der Waals surface area (Å²) in [5.41, 5.74) is 0.833. The van der Waals surface area contributed by atoms with E-state index in [1.54, 1.807) is 24.3 Å². The summed E-state index contributed by atoms with van der Waals surface area (Å²) in [4.78, 5) is 30.2. The number of carbonyl (C=O) groups is 1. The SMILES string of the molecule is O=C(CCCc1ccc(O)cc1)C1C=CC(O)=C/C1=N\P(=O)(O)O. The lowest BCUT2D eigenvalue weighted by atomic mass is 9.90. The monoisotopic (exact) mass is 351 g/mol. The van der Waals surface area contributed by atoms with Crippen LogP contribution in [0, 0.1) is 5.92 Å². The Morgan fingerprint density at radius 1 is 1.17 bits per heavy atom. The molecule has 7 nitrogen and oxygen atoms in total. The van der Waals surface area contributed by atoms with Crippen molar-refractivity contribution in [3.05, 3.63) is 53.8 Å². The number of benzene rings is 1. The molecular weight excluding hydrogens is 333 g/mol. The first-order valence-corrected chi connectivity index (χ1v) is 8.86. The van der Waals surface area contributed by atoms with Crippen molar-refractivity contribution in [1.29, 1.82) is 0 Å². The molecule has 128 valence electrons. The largest absolute Gasteiger partial charge is 0.508 e. The Bertz CT molecular complexity index is 744. The maximum absolute atomic E-state index is 12.3. The second-order valence-corrected chi connectivity index (χ2v) is 6.66. The first-order chi connectivity index (χ1) is 11.2. The quantitative estimate of drug-likeness (QED) is 0.583. The molecule has 0 aliphatic heterocycles. The summed E-state index contributed by atoms with van der Waals surface area (Å²) in [7, 11) is -4.69. The predicted molar refractivity (Wildman–Crippen MR) is 88.9 cm³/mol.